The zero-order valence-electron chi connectivity index (χ0n) is 16.4. The Morgan fingerprint density at radius 2 is 1.63 bits per heavy atom. The Balaban J connectivity index is 1.54. The van der Waals surface area contributed by atoms with Crippen LogP contribution in [0.3, 0.4) is 0 Å². The van der Waals surface area contributed by atoms with Crippen LogP contribution in [-0.4, -0.2) is 78.7 Å². The fourth-order valence-electron chi connectivity index (χ4n) is 4.35. The van der Waals surface area contributed by atoms with Crippen LogP contribution in [0.2, 0.25) is 0 Å². The number of amides is 1. The summed E-state index contributed by atoms with van der Waals surface area (Å²) in [5, 5.41) is 0. The highest BCUT2D eigenvalue weighted by Gasteiger charge is 2.40. The minimum absolute atomic E-state index is 0.211. The third-order valence-corrected chi connectivity index (χ3v) is 6.18. The molecule has 1 aromatic rings. The number of piperazine rings is 1. The van der Waals surface area contributed by atoms with Crippen LogP contribution < -0.4 is 0 Å². The first-order valence-electron chi connectivity index (χ1n) is 9.95. The van der Waals surface area contributed by atoms with E-state index >= 15 is 0 Å². The number of piperidine rings is 1. The molecule has 2 saturated heterocycles. The van der Waals surface area contributed by atoms with Gasteiger partial charge in [0.15, 0.2) is 0 Å². The standard InChI is InChI=1S/C22H31N3O2/c1-3-11-23-14-16-25(17-15-23)21(27)18-24-12-9-22(10-13-24,19(2)26)20-7-5-4-6-8-20/h3-8H,1,9-18H2,2H3. The summed E-state index contributed by atoms with van der Waals surface area (Å²) in [6.45, 7) is 11.8. The van der Waals surface area contributed by atoms with Gasteiger partial charge in [-0.25, -0.2) is 0 Å². The first kappa shape index (κ1) is 19.8. The molecule has 0 N–H and O–H groups in total. The molecule has 1 amide bonds. The predicted octanol–water partition coefficient (Wildman–Crippen LogP) is 1.94. The van der Waals surface area contributed by atoms with Crippen molar-refractivity contribution in [1.29, 1.82) is 0 Å². The molecule has 0 aromatic heterocycles. The molecule has 0 aliphatic carbocycles. The third kappa shape index (κ3) is 4.47. The van der Waals surface area contributed by atoms with Gasteiger partial charge < -0.3 is 4.90 Å². The topological polar surface area (TPSA) is 43.9 Å². The number of rotatable bonds is 6. The van der Waals surface area contributed by atoms with Gasteiger partial charge in [0.1, 0.15) is 5.78 Å². The number of benzene rings is 1. The molecule has 27 heavy (non-hydrogen) atoms. The summed E-state index contributed by atoms with van der Waals surface area (Å²) in [5.41, 5.74) is 0.721. The third-order valence-electron chi connectivity index (χ3n) is 6.18. The molecule has 2 aliphatic heterocycles. The second-order valence-electron chi connectivity index (χ2n) is 7.75. The van der Waals surface area contributed by atoms with Crippen LogP contribution in [-0.2, 0) is 15.0 Å². The summed E-state index contributed by atoms with van der Waals surface area (Å²) in [4.78, 5) is 31.7. The summed E-state index contributed by atoms with van der Waals surface area (Å²) in [7, 11) is 0. The molecule has 2 fully saturated rings. The number of hydrogen-bond donors (Lipinski definition) is 0. The van der Waals surface area contributed by atoms with Crippen molar-refractivity contribution in [2.24, 2.45) is 0 Å². The number of likely N-dealkylation sites (tertiary alicyclic amines) is 1. The molecule has 0 bridgehead atoms. The highest BCUT2D eigenvalue weighted by molar-refractivity contribution is 5.88. The summed E-state index contributed by atoms with van der Waals surface area (Å²) in [6.07, 6.45) is 3.48. The van der Waals surface area contributed by atoms with Gasteiger partial charge in [-0.3, -0.25) is 19.4 Å². The Morgan fingerprint density at radius 1 is 1.00 bits per heavy atom. The van der Waals surface area contributed by atoms with Gasteiger partial charge >= 0.3 is 0 Å². The predicted molar refractivity (Wildman–Crippen MR) is 108 cm³/mol. The molecule has 5 heteroatoms. The van der Waals surface area contributed by atoms with Crippen LogP contribution in [0.1, 0.15) is 25.3 Å². The molecule has 2 heterocycles. The van der Waals surface area contributed by atoms with E-state index < -0.39 is 5.41 Å². The molecule has 0 unspecified atom stereocenters. The highest BCUT2D eigenvalue weighted by atomic mass is 16.2. The summed E-state index contributed by atoms with van der Waals surface area (Å²) < 4.78 is 0. The Kier molecular flexibility index (Phi) is 6.45. The SMILES string of the molecule is C=CCN1CCN(C(=O)CN2CCC(C(C)=O)(c3ccccc3)CC2)CC1. The number of Topliss-reactive ketones (excluding diaryl/α,β-unsaturated/α-hetero) is 1. The van der Waals surface area contributed by atoms with Crippen molar-refractivity contribution in [3.63, 3.8) is 0 Å². The van der Waals surface area contributed by atoms with Crippen molar-refractivity contribution in [1.82, 2.24) is 14.7 Å². The van der Waals surface area contributed by atoms with Crippen molar-refractivity contribution in [2.75, 3.05) is 52.4 Å². The molecule has 0 radical (unpaired) electrons. The number of carbonyl (C=O) groups excluding carboxylic acids is 2. The maximum atomic E-state index is 12.7. The van der Waals surface area contributed by atoms with Gasteiger partial charge in [0, 0.05) is 32.7 Å². The van der Waals surface area contributed by atoms with E-state index in [1.807, 2.05) is 29.2 Å². The average Bonchev–Trinajstić information content (AvgIpc) is 2.70. The van der Waals surface area contributed by atoms with Crippen LogP contribution >= 0.6 is 0 Å². The number of hydrogen-bond acceptors (Lipinski definition) is 4. The molecule has 146 valence electrons. The van der Waals surface area contributed by atoms with Gasteiger partial charge in [-0.2, -0.15) is 0 Å². The van der Waals surface area contributed by atoms with Crippen LogP contribution in [0.4, 0.5) is 0 Å². The van der Waals surface area contributed by atoms with Gasteiger partial charge in [-0.15, -0.1) is 6.58 Å². The second kappa shape index (κ2) is 8.81. The lowest BCUT2D eigenvalue weighted by atomic mass is 9.70. The molecule has 3 rings (SSSR count). The van der Waals surface area contributed by atoms with E-state index in [4.69, 9.17) is 0 Å². The van der Waals surface area contributed by atoms with E-state index in [0.717, 1.165) is 64.2 Å². The van der Waals surface area contributed by atoms with E-state index in [1.165, 1.54) is 0 Å². The lowest BCUT2D eigenvalue weighted by Crippen LogP contribution is -2.53. The fraction of sp³-hybridized carbons (Fsp3) is 0.545. The summed E-state index contributed by atoms with van der Waals surface area (Å²) in [5.74, 6) is 0.446. The van der Waals surface area contributed by atoms with E-state index in [-0.39, 0.29) is 11.7 Å². The first-order chi connectivity index (χ1) is 13.0. The average molecular weight is 370 g/mol. The van der Waals surface area contributed by atoms with E-state index in [1.54, 1.807) is 6.92 Å². The van der Waals surface area contributed by atoms with Crippen molar-refractivity contribution in [3.8, 4) is 0 Å². The van der Waals surface area contributed by atoms with Crippen molar-refractivity contribution in [2.45, 2.75) is 25.2 Å². The van der Waals surface area contributed by atoms with E-state index in [2.05, 4.69) is 28.5 Å². The normalized spacial score (nSPS) is 21.0. The van der Waals surface area contributed by atoms with Crippen LogP contribution in [0.5, 0.6) is 0 Å². The lowest BCUT2D eigenvalue weighted by molar-refractivity contribution is -0.134. The molecule has 1 aromatic carbocycles. The monoisotopic (exact) mass is 369 g/mol. The van der Waals surface area contributed by atoms with Crippen molar-refractivity contribution in [3.05, 3.63) is 48.6 Å². The molecule has 5 nitrogen and oxygen atoms in total. The fourth-order valence-corrected chi connectivity index (χ4v) is 4.35. The number of nitrogens with zero attached hydrogens (tertiary/aromatic N) is 3. The van der Waals surface area contributed by atoms with Gasteiger partial charge in [0.2, 0.25) is 5.91 Å². The zero-order valence-corrected chi connectivity index (χ0v) is 16.4. The van der Waals surface area contributed by atoms with Crippen molar-refractivity contribution < 1.29 is 9.59 Å². The van der Waals surface area contributed by atoms with Crippen LogP contribution in [0.15, 0.2) is 43.0 Å². The molecular weight excluding hydrogens is 338 g/mol. The Labute approximate surface area is 162 Å². The molecular formula is C22H31N3O2. The van der Waals surface area contributed by atoms with Crippen molar-refractivity contribution >= 4 is 11.7 Å². The summed E-state index contributed by atoms with van der Waals surface area (Å²) >= 11 is 0. The first-order valence-corrected chi connectivity index (χ1v) is 9.95. The number of carbonyl (C=O) groups is 2. The maximum Gasteiger partial charge on any atom is 0.236 e. The maximum absolute atomic E-state index is 12.7. The molecule has 0 spiro atoms. The minimum Gasteiger partial charge on any atom is -0.339 e. The Bertz CT molecular complexity index is 657. The highest BCUT2D eigenvalue weighted by Crippen LogP contribution is 2.36. The zero-order chi connectivity index (χ0) is 19.3. The van der Waals surface area contributed by atoms with Gasteiger partial charge in [-0.05, 0) is 38.4 Å². The minimum atomic E-state index is -0.392. The van der Waals surface area contributed by atoms with Gasteiger partial charge in [0.05, 0.1) is 12.0 Å². The summed E-state index contributed by atoms with van der Waals surface area (Å²) in [6, 6.07) is 10.1. The Hall–Kier alpha value is -1.98. The molecule has 0 atom stereocenters. The second-order valence-corrected chi connectivity index (χ2v) is 7.75. The van der Waals surface area contributed by atoms with Gasteiger partial charge in [-0.1, -0.05) is 36.4 Å². The number of ketones is 1. The van der Waals surface area contributed by atoms with Gasteiger partial charge in [0.25, 0.3) is 0 Å². The van der Waals surface area contributed by atoms with E-state index in [0.29, 0.717) is 6.54 Å². The Morgan fingerprint density at radius 3 is 2.19 bits per heavy atom. The van der Waals surface area contributed by atoms with Crippen LogP contribution in [0, 0.1) is 0 Å². The lowest BCUT2D eigenvalue weighted by Gasteiger charge is -2.41. The molecule has 0 saturated carbocycles. The smallest absolute Gasteiger partial charge is 0.236 e. The largest absolute Gasteiger partial charge is 0.339 e. The van der Waals surface area contributed by atoms with E-state index in [9.17, 15) is 9.59 Å². The molecule has 2 aliphatic rings. The quantitative estimate of drug-likeness (QED) is 0.719. The van der Waals surface area contributed by atoms with Crippen LogP contribution in [0.25, 0.3) is 0 Å².